The predicted molar refractivity (Wildman–Crippen MR) is 74.4 cm³/mol. The molecule has 17 heavy (non-hydrogen) atoms. The SMILES string of the molecule is C=CNc1c2c(c(C)c3c1C(=C)CC3)CCC2. The summed E-state index contributed by atoms with van der Waals surface area (Å²) >= 11 is 0. The van der Waals surface area contributed by atoms with E-state index in [1.807, 2.05) is 0 Å². The van der Waals surface area contributed by atoms with E-state index in [0.29, 0.717) is 0 Å². The Morgan fingerprint density at radius 1 is 1.06 bits per heavy atom. The first-order valence-electron chi connectivity index (χ1n) is 6.46. The normalized spacial score (nSPS) is 16.9. The lowest BCUT2D eigenvalue weighted by Crippen LogP contribution is -2.03. The van der Waals surface area contributed by atoms with E-state index < -0.39 is 0 Å². The maximum absolute atomic E-state index is 4.23. The maximum atomic E-state index is 4.23. The molecule has 0 saturated carbocycles. The molecule has 0 amide bonds. The van der Waals surface area contributed by atoms with E-state index in [1.165, 1.54) is 59.2 Å². The molecule has 0 unspecified atom stereocenters. The van der Waals surface area contributed by atoms with Crippen LogP contribution >= 0.6 is 0 Å². The van der Waals surface area contributed by atoms with Crippen LogP contribution in [0.2, 0.25) is 0 Å². The van der Waals surface area contributed by atoms with E-state index in [1.54, 1.807) is 11.8 Å². The van der Waals surface area contributed by atoms with Gasteiger partial charge >= 0.3 is 0 Å². The van der Waals surface area contributed by atoms with Gasteiger partial charge in [-0.25, -0.2) is 0 Å². The summed E-state index contributed by atoms with van der Waals surface area (Å²) in [6.07, 6.45) is 7.82. The molecule has 1 aromatic carbocycles. The molecule has 0 fully saturated rings. The minimum atomic E-state index is 1.12. The van der Waals surface area contributed by atoms with Gasteiger partial charge in [0, 0.05) is 11.3 Å². The zero-order valence-electron chi connectivity index (χ0n) is 10.5. The fourth-order valence-electron chi connectivity index (χ4n) is 3.47. The van der Waals surface area contributed by atoms with Crippen LogP contribution in [-0.2, 0) is 19.3 Å². The Morgan fingerprint density at radius 3 is 2.59 bits per heavy atom. The van der Waals surface area contributed by atoms with Crippen LogP contribution in [-0.4, -0.2) is 0 Å². The molecule has 0 atom stereocenters. The number of rotatable bonds is 2. The summed E-state index contributed by atoms with van der Waals surface area (Å²) in [6, 6.07) is 0. The van der Waals surface area contributed by atoms with Crippen LogP contribution in [0.3, 0.4) is 0 Å². The largest absolute Gasteiger partial charge is 0.362 e. The average molecular weight is 225 g/mol. The average Bonchev–Trinajstić information content (AvgIpc) is 2.92. The third kappa shape index (κ3) is 1.38. The lowest BCUT2D eigenvalue weighted by molar-refractivity contribution is 0.908. The van der Waals surface area contributed by atoms with Gasteiger partial charge in [0.1, 0.15) is 0 Å². The Bertz CT molecular complexity index is 523. The minimum Gasteiger partial charge on any atom is -0.362 e. The maximum Gasteiger partial charge on any atom is 0.0494 e. The summed E-state index contributed by atoms with van der Waals surface area (Å²) in [7, 11) is 0. The van der Waals surface area contributed by atoms with E-state index in [4.69, 9.17) is 0 Å². The molecule has 88 valence electrons. The van der Waals surface area contributed by atoms with Gasteiger partial charge in [0.15, 0.2) is 0 Å². The fraction of sp³-hybridized carbons (Fsp3) is 0.375. The number of fused-ring (bicyclic) bond motifs is 2. The monoisotopic (exact) mass is 225 g/mol. The number of hydrogen-bond acceptors (Lipinski definition) is 1. The summed E-state index contributed by atoms with van der Waals surface area (Å²) in [5.41, 5.74) is 10.1. The van der Waals surface area contributed by atoms with Crippen molar-refractivity contribution in [1.82, 2.24) is 0 Å². The fourth-order valence-corrected chi connectivity index (χ4v) is 3.47. The van der Waals surface area contributed by atoms with Crippen molar-refractivity contribution in [3.8, 4) is 0 Å². The van der Waals surface area contributed by atoms with Crippen molar-refractivity contribution in [2.45, 2.75) is 39.0 Å². The summed E-state index contributed by atoms with van der Waals surface area (Å²) in [5.74, 6) is 0. The highest BCUT2D eigenvalue weighted by Gasteiger charge is 2.28. The van der Waals surface area contributed by atoms with Crippen molar-refractivity contribution in [2.24, 2.45) is 0 Å². The van der Waals surface area contributed by atoms with Gasteiger partial charge in [-0.05, 0) is 73.1 Å². The molecule has 1 nitrogen and oxygen atoms in total. The number of nitrogens with one attached hydrogen (secondary N) is 1. The van der Waals surface area contributed by atoms with Crippen LogP contribution in [0.4, 0.5) is 5.69 Å². The Balaban J connectivity index is 2.32. The van der Waals surface area contributed by atoms with E-state index in [9.17, 15) is 0 Å². The second-order valence-electron chi connectivity index (χ2n) is 5.12. The Morgan fingerprint density at radius 2 is 1.82 bits per heavy atom. The molecule has 0 heterocycles. The van der Waals surface area contributed by atoms with E-state index >= 15 is 0 Å². The van der Waals surface area contributed by atoms with Crippen LogP contribution in [0.25, 0.3) is 5.57 Å². The topological polar surface area (TPSA) is 12.0 Å². The number of anilines is 1. The zero-order valence-corrected chi connectivity index (χ0v) is 10.5. The lowest BCUT2D eigenvalue weighted by Gasteiger charge is -2.18. The van der Waals surface area contributed by atoms with Gasteiger partial charge in [-0.3, -0.25) is 0 Å². The summed E-state index contributed by atoms with van der Waals surface area (Å²) < 4.78 is 0. The minimum absolute atomic E-state index is 1.12. The van der Waals surface area contributed by atoms with Gasteiger partial charge in [-0.1, -0.05) is 13.2 Å². The molecule has 0 spiro atoms. The van der Waals surface area contributed by atoms with Gasteiger partial charge in [-0.2, -0.15) is 0 Å². The molecule has 1 N–H and O–H groups in total. The van der Waals surface area contributed by atoms with Crippen molar-refractivity contribution in [2.75, 3.05) is 5.32 Å². The van der Waals surface area contributed by atoms with Crippen molar-refractivity contribution >= 4 is 11.3 Å². The summed E-state index contributed by atoms with van der Waals surface area (Å²) in [6.45, 7) is 10.3. The first-order chi connectivity index (χ1) is 8.24. The number of benzene rings is 1. The first kappa shape index (κ1) is 10.6. The van der Waals surface area contributed by atoms with Crippen molar-refractivity contribution in [1.29, 1.82) is 0 Å². The molecule has 0 radical (unpaired) electrons. The Labute approximate surface area is 103 Å². The van der Waals surface area contributed by atoms with Crippen LogP contribution in [0.5, 0.6) is 0 Å². The summed E-state index contributed by atoms with van der Waals surface area (Å²) in [4.78, 5) is 0. The third-order valence-corrected chi connectivity index (χ3v) is 4.25. The predicted octanol–water partition coefficient (Wildman–Crippen LogP) is 4.00. The molecule has 1 heteroatoms. The van der Waals surface area contributed by atoms with Gasteiger partial charge in [0.2, 0.25) is 0 Å². The van der Waals surface area contributed by atoms with Crippen molar-refractivity contribution in [3.05, 3.63) is 47.2 Å². The molecule has 0 saturated heterocycles. The lowest BCUT2D eigenvalue weighted by atomic mass is 9.92. The molecule has 1 aromatic rings. The molecule has 0 bridgehead atoms. The smallest absolute Gasteiger partial charge is 0.0494 e. The summed E-state index contributed by atoms with van der Waals surface area (Å²) in [5, 5.41) is 3.37. The second kappa shape index (κ2) is 3.76. The zero-order chi connectivity index (χ0) is 12.0. The standard InChI is InChI=1S/C16H19N/c1-4-17-16-14-7-5-6-12(14)11(3)13-9-8-10(2)15(13)16/h4,17H,1-2,5-9H2,3H3. The molecular weight excluding hydrogens is 206 g/mol. The van der Waals surface area contributed by atoms with Crippen LogP contribution in [0, 0.1) is 6.92 Å². The van der Waals surface area contributed by atoms with E-state index in [2.05, 4.69) is 25.4 Å². The quantitative estimate of drug-likeness (QED) is 0.802. The molecule has 2 aliphatic rings. The Kier molecular flexibility index (Phi) is 2.36. The highest BCUT2D eigenvalue weighted by atomic mass is 14.8. The molecule has 2 aliphatic carbocycles. The van der Waals surface area contributed by atoms with Crippen LogP contribution in [0.1, 0.15) is 40.7 Å². The number of hydrogen-bond donors (Lipinski definition) is 1. The van der Waals surface area contributed by atoms with Crippen LogP contribution < -0.4 is 5.32 Å². The van der Waals surface area contributed by atoms with E-state index in [-0.39, 0.29) is 0 Å². The van der Waals surface area contributed by atoms with E-state index in [0.717, 1.165) is 6.42 Å². The molecule has 3 rings (SSSR count). The Hall–Kier alpha value is -1.50. The van der Waals surface area contributed by atoms with Crippen LogP contribution in [0.15, 0.2) is 19.4 Å². The van der Waals surface area contributed by atoms with Gasteiger partial charge in [-0.15, -0.1) is 0 Å². The third-order valence-electron chi connectivity index (χ3n) is 4.25. The highest BCUT2D eigenvalue weighted by Crippen LogP contribution is 2.45. The highest BCUT2D eigenvalue weighted by molar-refractivity contribution is 5.85. The van der Waals surface area contributed by atoms with Gasteiger partial charge < -0.3 is 5.32 Å². The van der Waals surface area contributed by atoms with Gasteiger partial charge in [0.05, 0.1) is 0 Å². The van der Waals surface area contributed by atoms with Crippen molar-refractivity contribution < 1.29 is 0 Å². The van der Waals surface area contributed by atoms with Crippen molar-refractivity contribution in [3.63, 3.8) is 0 Å². The number of allylic oxidation sites excluding steroid dienone is 1. The molecule has 0 aliphatic heterocycles. The first-order valence-corrected chi connectivity index (χ1v) is 6.46. The second-order valence-corrected chi connectivity index (χ2v) is 5.12. The molecule has 0 aromatic heterocycles. The molecular formula is C16H19N. The van der Waals surface area contributed by atoms with Gasteiger partial charge in [0.25, 0.3) is 0 Å².